The molecule has 1 atom stereocenters. The lowest BCUT2D eigenvalue weighted by atomic mass is 9.85. The first-order valence-electron chi connectivity index (χ1n) is 7.20. The summed E-state index contributed by atoms with van der Waals surface area (Å²) < 4.78 is 40.5. The minimum atomic E-state index is -4.57. The van der Waals surface area contributed by atoms with Gasteiger partial charge in [0.1, 0.15) is 0 Å². The van der Waals surface area contributed by atoms with E-state index < -0.39 is 17.5 Å². The minimum Gasteiger partial charge on any atom is -0.354 e. The molecule has 2 rings (SSSR count). The van der Waals surface area contributed by atoms with Gasteiger partial charge in [0.05, 0.1) is 0 Å². The van der Waals surface area contributed by atoms with Crippen LogP contribution in [0.1, 0.15) is 12.0 Å². The Hall–Kier alpha value is -1.60. The fraction of sp³-hybridized carbons (Fsp3) is 0.533. The van der Waals surface area contributed by atoms with E-state index in [9.17, 15) is 18.0 Å². The minimum absolute atomic E-state index is 0.0509. The summed E-state index contributed by atoms with van der Waals surface area (Å²) in [5.41, 5.74) is 3.85. The number of alkyl halides is 3. The summed E-state index contributed by atoms with van der Waals surface area (Å²) in [6.45, 7) is 0.498. The Balaban J connectivity index is 2.11. The molecule has 1 fully saturated rings. The first-order valence-corrected chi connectivity index (χ1v) is 7.20. The lowest BCUT2D eigenvalue weighted by Crippen LogP contribution is -2.53. The van der Waals surface area contributed by atoms with Crippen LogP contribution in [-0.2, 0) is 11.3 Å². The standard InChI is InChI=1S/C15H20F3N3O/c16-15(17,18)14(13(22)20-8-7-19)6-9-21(11-14)10-12-4-2-1-3-5-12/h1-5H,6-11,19H2,(H,20,22). The second-order valence-corrected chi connectivity index (χ2v) is 5.57. The number of hydrogen-bond acceptors (Lipinski definition) is 3. The molecule has 1 aromatic carbocycles. The van der Waals surface area contributed by atoms with Crippen molar-refractivity contribution >= 4 is 5.91 Å². The molecule has 0 radical (unpaired) electrons. The Labute approximate surface area is 127 Å². The molecule has 122 valence electrons. The predicted molar refractivity (Wildman–Crippen MR) is 76.9 cm³/mol. The van der Waals surface area contributed by atoms with Crippen LogP contribution >= 0.6 is 0 Å². The summed E-state index contributed by atoms with van der Waals surface area (Å²) in [7, 11) is 0. The molecule has 3 N–H and O–H groups in total. The summed E-state index contributed by atoms with van der Waals surface area (Å²) in [5.74, 6) is -0.971. The maximum atomic E-state index is 13.5. The number of hydrogen-bond donors (Lipinski definition) is 2. The second kappa shape index (κ2) is 6.66. The number of halogens is 3. The van der Waals surface area contributed by atoms with E-state index in [1.807, 2.05) is 30.3 Å². The number of carbonyl (C=O) groups is 1. The predicted octanol–water partition coefficient (Wildman–Crippen LogP) is 1.52. The van der Waals surface area contributed by atoms with Gasteiger partial charge in [-0.25, -0.2) is 0 Å². The molecule has 1 unspecified atom stereocenters. The van der Waals surface area contributed by atoms with Crippen LogP contribution in [0.2, 0.25) is 0 Å². The van der Waals surface area contributed by atoms with E-state index in [1.165, 1.54) is 0 Å². The van der Waals surface area contributed by atoms with E-state index in [4.69, 9.17) is 5.73 Å². The van der Waals surface area contributed by atoms with Crippen molar-refractivity contribution in [2.45, 2.75) is 19.1 Å². The largest absolute Gasteiger partial charge is 0.404 e. The molecule has 1 aliphatic rings. The molecule has 1 aliphatic heterocycles. The maximum Gasteiger partial charge on any atom is 0.404 e. The van der Waals surface area contributed by atoms with Gasteiger partial charge in [-0.2, -0.15) is 13.2 Å². The highest BCUT2D eigenvalue weighted by Crippen LogP contribution is 2.46. The van der Waals surface area contributed by atoms with Gasteiger partial charge in [0, 0.05) is 26.2 Å². The molecule has 0 spiro atoms. The molecule has 0 saturated carbocycles. The van der Waals surface area contributed by atoms with E-state index >= 15 is 0 Å². The fourth-order valence-corrected chi connectivity index (χ4v) is 2.77. The number of nitrogens with one attached hydrogen (secondary N) is 1. The first kappa shape index (κ1) is 16.8. The van der Waals surface area contributed by atoms with Crippen molar-refractivity contribution in [1.82, 2.24) is 10.2 Å². The highest BCUT2D eigenvalue weighted by Gasteiger charge is 2.62. The summed E-state index contributed by atoms with van der Waals surface area (Å²) in [6, 6.07) is 9.27. The molecule has 0 aromatic heterocycles. The van der Waals surface area contributed by atoms with Crippen molar-refractivity contribution in [3.63, 3.8) is 0 Å². The second-order valence-electron chi connectivity index (χ2n) is 5.57. The van der Waals surface area contributed by atoms with Crippen molar-refractivity contribution in [2.75, 3.05) is 26.2 Å². The normalized spacial score (nSPS) is 22.7. The van der Waals surface area contributed by atoms with Gasteiger partial charge in [0.2, 0.25) is 5.91 Å². The number of rotatable bonds is 5. The van der Waals surface area contributed by atoms with Crippen molar-refractivity contribution < 1.29 is 18.0 Å². The number of nitrogens with two attached hydrogens (primary N) is 1. The Morgan fingerprint density at radius 3 is 2.59 bits per heavy atom. The molecule has 1 amide bonds. The van der Waals surface area contributed by atoms with Crippen LogP contribution in [0.25, 0.3) is 0 Å². The Morgan fingerprint density at radius 1 is 1.32 bits per heavy atom. The van der Waals surface area contributed by atoms with Gasteiger partial charge in [0.25, 0.3) is 0 Å². The van der Waals surface area contributed by atoms with Crippen molar-refractivity contribution in [1.29, 1.82) is 0 Å². The molecule has 1 aromatic rings. The third-order valence-corrected chi connectivity index (χ3v) is 4.00. The average Bonchev–Trinajstić information content (AvgIpc) is 2.91. The quantitative estimate of drug-likeness (QED) is 0.866. The monoisotopic (exact) mass is 315 g/mol. The van der Waals surface area contributed by atoms with Gasteiger partial charge in [-0.15, -0.1) is 0 Å². The molecule has 7 heteroatoms. The topological polar surface area (TPSA) is 58.4 Å². The first-order chi connectivity index (χ1) is 10.4. The SMILES string of the molecule is NCCNC(=O)C1(C(F)(F)F)CCN(Cc2ccccc2)C1. The lowest BCUT2D eigenvalue weighted by molar-refractivity contribution is -0.218. The number of benzene rings is 1. The number of nitrogens with zero attached hydrogens (tertiary/aromatic N) is 1. The zero-order valence-electron chi connectivity index (χ0n) is 12.2. The summed E-state index contributed by atoms with van der Waals surface area (Å²) >= 11 is 0. The molecule has 1 saturated heterocycles. The van der Waals surface area contributed by atoms with Gasteiger partial charge in [0.15, 0.2) is 5.41 Å². The summed E-state index contributed by atoms with van der Waals surface area (Å²) in [5, 5.41) is 2.30. The van der Waals surface area contributed by atoms with E-state index in [1.54, 1.807) is 4.90 Å². The van der Waals surface area contributed by atoms with Crippen LogP contribution in [0.15, 0.2) is 30.3 Å². The van der Waals surface area contributed by atoms with Crippen LogP contribution in [-0.4, -0.2) is 43.2 Å². The zero-order valence-corrected chi connectivity index (χ0v) is 12.2. The van der Waals surface area contributed by atoms with Crippen LogP contribution in [0.3, 0.4) is 0 Å². The third-order valence-electron chi connectivity index (χ3n) is 4.00. The van der Waals surface area contributed by atoms with E-state index in [0.717, 1.165) is 5.56 Å². The van der Waals surface area contributed by atoms with E-state index in [-0.39, 0.29) is 32.6 Å². The molecule has 0 bridgehead atoms. The van der Waals surface area contributed by atoms with Crippen molar-refractivity contribution in [2.24, 2.45) is 11.1 Å². The number of likely N-dealkylation sites (tertiary alicyclic amines) is 1. The van der Waals surface area contributed by atoms with Crippen LogP contribution in [0, 0.1) is 5.41 Å². The Kier molecular flexibility index (Phi) is 5.08. The fourth-order valence-electron chi connectivity index (χ4n) is 2.77. The van der Waals surface area contributed by atoms with Gasteiger partial charge in [-0.1, -0.05) is 30.3 Å². The van der Waals surface area contributed by atoms with Gasteiger partial charge < -0.3 is 11.1 Å². The molecule has 0 aliphatic carbocycles. The van der Waals surface area contributed by atoms with Gasteiger partial charge in [-0.3, -0.25) is 9.69 Å². The van der Waals surface area contributed by atoms with Gasteiger partial charge in [-0.05, 0) is 18.5 Å². The molecule has 4 nitrogen and oxygen atoms in total. The van der Waals surface area contributed by atoms with Crippen LogP contribution < -0.4 is 11.1 Å². The third kappa shape index (κ3) is 3.41. The average molecular weight is 315 g/mol. The number of amides is 1. The maximum absolute atomic E-state index is 13.5. The Bertz CT molecular complexity index is 507. The lowest BCUT2D eigenvalue weighted by Gasteiger charge is -2.30. The molecular weight excluding hydrogens is 295 g/mol. The highest BCUT2D eigenvalue weighted by molar-refractivity contribution is 5.84. The zero-order chi connectivity index (χ0) is 16.2. The smallest absolute Gasteiger partial charge is 0.354 e. The highest BCUT2D eigenvalue weighted by atomic mass is 19.4. The van der Waals surface area contributed by atoms with Gasteiger partial charge >= 0.3 is 6.18 Å². The van der Waals surface area contributed by atoms with Crippen molar-refractivity contribution in [3.05, 3.63) is 35.9 Å². The van der Waals surface area contributed by atoms with E-state index in [0.29, 0.717) is 6.54 Å². The summed E-state index contributed by atoms with van der Waals surface area (Å²) in [6.07, 6.45) is -4.79. The van der Waals surface area contributed by atoms with Crippen LogP contribution in [0.4, 0.5) is 13.2 Å². The summed E-state index contributed by atoms with van der Waals surface area (Å²) in [4.78, 5) is 13.7. The van der Waals surface area contributed by atoms with E-state index in [2.05, 4.69) is 5.32 Å². The molecule has 22 heavy (non-hydrogen) atoms. The molecular formula is C15H20F3N3O. The van der Waals surface area contributed by atoms with Crippen molar-refractivity contribution in [3.8, 4) is 0 Å². The molecule has 1 heterocycles. The Morgan fingerprint density at radius 2 is 2.00 bits per heavy atom. The van der Waals surface area contributed by atoms with Crippen LogP contribution in [0.5, 0.6) is 0 Å². The number of carbonyl (C=O) groups excluding carboxylic acids is 1.